The molecule has 96 valence electrons. The lowest BCUT2D eigenvalue weighted by atomic mass is 10.1. The van der Waals surface area contributed by atoms with E-state index in [9.17, 15) is 4.79 Å². The van der Waals surface area contributed by atoms with E-state index in [-0.39, 0.29) is 12.4 Å². The van der Waals surface area contributed by atoms with Crippen LogP contribution in [0.2, 0.25) is 5.15 Å². The molecule has 0 saturated carbocycles. The van der Waals surface area contributed by atoms with Crippen LogP contribution in [0.3, 0.4) is 0 Å². The van der Waals surface area contributed by atoms with Crippen LogP contribution in [0.25, 0.3) is 10.9 Å². The lowest BCUT2D eigenvalue weighted by Gasteiger charge is -2.19. The number of hydrogen-bond acceptors (Lipinski definition) is 3. The minimum absolute atomic E-state index is 0.220. The number of H-pyrrole nitrogens is 1. The highest BCUT2D eigenvalue weighted by atomic mass is 35.5. The van der Waals surface area contributed by atoms with Gasteiger partial charge in [-0.25, -0.2) is 4.98 Å². The average Bonchev–Trinajstić information content (AvgIpc) is 2.60. The van der Waals surface area contributed by atoms with Crippen molar-refractivity contribution in [2.24, 2.45) is 0 Å². The minimum atomic E-state index is -0.470. The van der Waals surface area contributed by atoms with Crippen molar-refractivity contribution < 1.29 is 9.53 Å². The molecule has 0 unspecified atom stereocenters. The standard InChI is InChI=1S/C13H15ClN2O2/c1-13(2,3)18-10(17)6-8-7-16-11-9(8)4-5-15-12(11)14/h4-5,7,16H,6H2,1-3H3. The van der Waals surface area contributed by atoms with Gasteiger partial charge in [-0.15, -0.1) is 0 Å². The molecule has 2 aromatic rings. The van der Waals surface area contributed by atoms with Gasteiger partial charge in [0.15, 0.2) is 5.15 Å². The summed E-state index contributed by atoms with van der Waals surface area (Å²) in [5.41, 5.74) is 1.14. The molecule has 0 aliphatic heterocycles. The molecule has 0 aliphatic rings. The maximum absolute atomic E-state index is 11.8. The quantitative estimate of drug-likeness (QED) is 0.671. The number of carbonyl (C=O) groups is 1. The van der Waals surface area contributed by atoms with E-state index in [0.29, 0.717) is 5.15 Å². The second-order valence-electron chi connectivity index (χ2n) is 5.10. The van der Waals surface area contributed by atoms with Gasteiger partial charge in [0.2, 0.25) is 0 Å². The number of fused-ring (bicyclic) bond motifs is 1. The number of rotatable bonds is 2. The molecule has 2 rings (SSSR count). The van der Waals surface area contributed by atoms with Crippen LogP contribution in [0.5, 0.6) is 0 Å². The topological polar surface area (TPSA) is 55.0 Å². The summed E-state index contributed by atoms with van der Waals surface area (Å²) in [5.74, 6) is -0.253. The zero-order valence-corrected chi connectivity index (χ0v) is 11.3. The number of nitrogens with one attached hydrogen (secondary N) is 1. The number of aromatic nitrogens is 2. The molecule has 2 aromatic heterocycles. The molecule has 1 N–H and O–H groups in total. The van der Waals surface area contributed by atoms with Gasteiger partial charge < -0.3 is 9.72 Å². The van der Waals surface area contributed by atoms with E-state index in [1.165, 1.54) is 0 Å². The zero-order chi connectivity index (χ0) is 13.3. The zero-order valence-electron chi connectivity index (χ0n) is 10.6. The summed E-state index contributed by atoms with van der Waals surface area (Å²) < 4.78 is 5.29. The Bertz CT molecular complexity index is 584. The van der Waals surface area contributed by atoms with E-state index in [2.05, 4.69) is 9.97 Å². The van der Waals surface area contributed by atoms with Gasteiger partial charge in [-0.2, -0.15) is 0 Å². The molecule has 18 heavy (non-hydrogen) atoms. The van der Waals surface area contributed by atoms with Gasteiger partial charge in [-0.05, 0) is 32.4 Å². The van der Waals surface area contributed by atoms with Crippen molar-refractivity contribution in [2.75, 3.05) is 0 Å². The maximum Gasteiger partial charge on any atom is 0.310 e. The van der Waals surface area contributed by atoms with E-state index in [4.69, 9.17) is 16.3 Å². The van der Waals surface area contributed by atoms with Gasteiger partial charge in [0, 0.05) is 17.8 Å². The van der Waals surface area contributed by atoms with Crippen LogP contribution in [-0.2, 0) is 16.0 Å². The van der Waals surface area contributed by atoms with Gasteiger partial charge in [0.1, 0.15) is 5.60 Å². The number of hydrogen-bond donors (Lipinski definition) is 1. The van der Waals surface area contributed by atoms with Crippen molar-refractivity contribution in [3.05, 3.63) is 29.2 Å². The molecule has 5 heteroatoms. The fraction of sp³-hybridized carbons (Fsp3) is 0.385. The van der Waals surface area contributed by atoms with Crippen LogP contribution in [0.15, 0.2) is 18.5 Å². The normalized spacial score (nSPS) is 11.8. The largest absolute Gasteiger partial charge is 0.460 e. The highest BCUT2D eigenvalue weighted by molar-refractivity contribution is 6.33. The van der Waals surface area contributed by atoms with E-state index in [1.807, 2.05) is 26.8 Å². The van der Waals surface area contributed by atoms with Crippen LogP contribution >= 0.6 is 11.6 Å². The van der Waals surface area contributed by atoms with E-state index >= 15 is 0 Å². The predicted octanol–water partition coefficient (Wildman–Crippen LogP) is 3.10. The highest BCUT2D eigenvalue weighted by Crippen LogP contribution is 2.24. The molecule has 0 radical (unpaired) electrons. The Hall–Kier alpha value is -1.55. The summed E-state index contributed by atoms with van der Waals surface area (Å²) in [7, 11) is 0. The fourth-order valence-electron chi connectivity index (χ4n) is 1.76. The Balaban J connectivity index is 2.23. The predicted molar refractivity (Wildman–Crippen MR) is 70.7 cm³/mol. The molecule has 0 aliphatic carbocycles. The van der Waals surface area contributed by atoms with E-state index in [1.54, 1.807) is 12.4 Å². The first-order valence-corrected chi connectivity index (χ1v) is 6.07. The van der Waals surface area contributed by atoms with Crippen molar-refractivity contribution in [3.63, 3.8) is 0 Å². The Morgan fingerprint density at radius 2 is 2.22 bits per heavy atom. The summed E-state index contributed by atoms with van der Waals surface area (Å²) in [5, 5.41) is 1.31. The number of carbonyl (C=O) groups excluding carboxylic acids is 1. The summed E-state index contributed by atoms with van der Waals surface area (Å²) in [4.78, 5) is 18.8. The van der Waals surface area contributed by atoms with Crippen LogP contribution < -0.4 is 0 Å². The lowest BCUT2D eigenvalue weighted by molar-refractivity contribution is -0.153. The second-order valence-corrected chi connectivity index (χ2v) is 5.46. The van der Waals surface area contributed by atoms with E-state index in [0.717, 1.165) is 16.5 Å². The lowest BCUT2D eigenvalue weighted by Crippen LogP contribution is -2.24. The van der Waals surface area contributed by atoms with Crippen molar-refractivity contribution >= 4 is 28.5 Å². The number of pyridine rings is 1. The summed E-state index contributed by atoms with van der Waals surface area (Å²) in [6, 6.07) is 1.83. The monoisotopic (exact) mass is 266 g/mol. The van der Waals surface area contributed by atoms with Crippen molar-refractivity contribution in [2.45, 2.75) is 32.8 Å². The molecule has 0 saturated heterocycles. The van der Waals surface area contributed by atoms with Gasteiger partial charge in [0.25, 0.3) is 0 Å². The Morgan fingerprint density at radius 3 is 2.89 bits per heavy atom. The third kappa shape index (κ3) is 2.82. The Kier molecular flexibility index (Phi) is 3.30. The minimum Gasteiger partial charge on any atom is -0.460 e. The Labute approximate surface area is 110 Å². The van der Waals surface area contributed by atoms with Gasteiger partial charge in [0.05, 0.1) is 11.9 Å². The molecular formula is C13H15ClN2O2. The number of ether oxygens (including phenoxy) is 1. The second kappa shape index (κ2) is 4.61. The molecule has 2 heterocycles. The number of nitrogens with zero attached hydrogens (tertiary/aromatic N) is 1. The van der Waals surface area contributed by atoms with Crippen molar-refractivity contribution in [3.8, 4) is 0 Å². The maximum atomic E-state index is 11.8. The van der Waals surface area contributed by atoms with Crippen molar-refractivity contribution in [1.82, 2.24) is 9.97 Å². The first kappa shape index (κ1) is 12.9. The molecule has 0 amide bonds. The third-order valence-corrected chi connectivity index (χ3v) is 2.68. The number of esters is 1. The number of aromatic amines is 1. The molecular weight excluding hydrogens is 252 g/mol. The summed E-state index contributed by atoms with van der Waals surface area (Å²) >= 11 is 5.95. The number of halogens is 1. The fourth-order valence-corrected chi connectivity index (χ4v) is 1.97. The van der Waals surface area contributed by atoms with Gasteiger partial charge in [-0.1, -0.05) is 11.6 Å². The smallest absolute Gasteiger partial charge is 0.310 e. The first-order chi connectivity index (χ1) is 8.37. The Morgan fingerprint density at radius 1 is 1.50 bits per heavy atom. The molecule has 0 aromatic carbocycles. The molecule has 0 atom stereocenters. The highest BCUT2D eigenvalue weighted by Gasteiger charge is 2.18. The van der Waals surface area contributed by atoms with Crippen LogP contribution in [0, 0.1) is 0 Å². The first-order valence-electron chi connectivity index (χ1n) is 5.69. The average molecular weight is 267 g/mol. The van der Waals surface area contributed by atoms with Gasteiger partial charge >= 0.3 is 5.97 Å². The molecule has 4 nitrogen and oxygen atoms in total. The van der Waals surface area contributed by atoms with Crippen LogP contribution in [-0.4, -0.2) is 21.5 Å². The van der Waals surface area contributed by atoms with Crippen LogP contribution in [0.1, 0.15) is 26.3 Å². The molecule has 0 fully saturated rings. The van der Waals surface area contributed by atoms with Gasteiger partial charge in [-0.3, -0.25) is 4.79 Å². The molecule has 0 bridgehead atoms. The molecule has 0 spiro atoms. The summed E-state index contributed by atoms with van der Waals surface area (Å²) in [6.45, 7) is 5.54. The summed E-state index contributed by atoms with van der Waals surface area (Å²) in [6.07, 6.45) is 3.61. The van der Waals surface area contributed by atoms with E-state index < -0.39 is 5.60 Å². The SMILES string of the molecule is CC(C)(C)OC(=O)Cc1c[nH]c2c(Cl)nccc12. The van der Waals surface area contributed by atoms with Crippen molar-refractivity contribution in [1.29, 1.82) is 0 Å². The third-order valence-electron chi connectivity index (χ3n) is 2.40. The van der Waals surface area contributed by atoms with Crippen LogP contribution in [0.4, 0.5) is 0 Å².